The van der Waals surface area contributed by atoms with E-state index in [2.05, 4.69) is 11.0 Å². The van der Waals surface area contributed by atoms with E-state index in [1.54, 1.807) is 59.0 Å². The van der Waals surface area contributed by atoms with Crippen molar-refractivity contribution in [3.63, 3.8) is 0 Å². The van der Waals surface area contributed by atoms with Crippen molar-refractivity contribution in [2.24, 2.45) is 0 Å². The number of allylic oxidation sites excluding steroid dienone is 1. The molecule has 9 heteroatoms. The lowest BCUT2D eigenvalue weighted by Crippen LogP contribution is -2.50. The third-order valence-electron chi connectivity index (χ3n) is 8.67. The van der Waals surface area contributed by atoms with Gasteiger partial charge in [0.25, 0.3) is 10.0 Å². The first-order chi connectivity index (χ1) is 20.6. The third kappa shape index (κ3) is 4.95. The molecule has 0 spiro atoms. The lowest BCUT2D eigenvalue weighted by Gasteiger charge is -2.35. The smallest absolute Gasteiger partial charge is 0.268 e. The molecular formula is C34H35N3O4S2. The van der Waals surface area contributed by atoms with Crippen LogP contribution in [0.1, 0.15) is 29.5 Å². The summed E-state index contributed by atoms with van der Waals surface area (Å²) in [5.41, 5.74) is 3.98. The van der Waals surface area contributed by atoms with E-state index in [9.17, 15) is 16.8 Å². The highest BCUT2D eigenvalue weighted by atomic mass is 32.2. The molecule has 43 heavy (non-hydrogen) atoms. The molecule has 4 aromatic carbocycles. The fourth-order valence-corrected chi connectivity index (χ4v) is 9.53. The standard InChI is InChI=1S/C34H35N3O4S2/c1-26-14-18-29(19-15-26)42(38,39)36(28-10-5-4-6-11-28)24-9-22-34-23-25-37(43(40,41)30-20-16-27(2)17-21-30)33(34)35(3)32-13-8-7-12-31(32)34/h4-21,24,33H,22-23,25H2,1-3H3/b24-9-/t33-,34-/m0/s1. The number of anilines is 2. The first kappa shape index (κ1) is 29.2. The maximum atomic E-state index is 14.0. The number of benzene rings is 4. The van der Waals surface area contributed by atoms with Crippen molar-refractivity contribution < 1.29 is 16.8 Å². The summed E-state index contributed by atoms with van der Waals surface area (Å²) in [6, 6.07) is 30.8. The first-order valence-electron chi connectivity index (χ1n) is 14.3. The Kier molecular flexibility index (Phi) is 7.44. The molecule has 0 N–H and O–H groups in total. The minimum atomic E-state index is -3.91. The largest absolute Gasteiger partial charge is 0.357 e. The van der Waals surface area contributed by atoms with Crippen molar-refractivity contribution in [3.05, 3.63) is 132 Å². The van der Waals surface area contributed by atoms with Crippen LogP contribution in [0.3, 0.4) is 0 Å². The van der Waals surface area contributed by atoms with Gasteiger partial charge in [0.1, 0.15) is 6.17 Å². The predicted molar refractivity (Wildman–Crippen MR) is 171 cm³/mol. The van der Waals surface area contributed by atoms with Crippen LogP contribution in [0.25, 0.3) is 0 Å². The topological polar surface area (TPSA) is 78.0 Å². The normalized spacial score (nSPS) is 20.3. The molecule has 2 heterocycles. The second-order valence-electron chi connectivity index (χ2n) is 11.4. The van der Waals surface area contributed by atoms with Crippen LogP contribution in [0, 0.1) is 13.8 Å². The molecular weight excluding hydrogens is 579 g/mol. The lowest BCUT2D eigenvalue weighted by molar-refractivity contribution is 0.314. The van der Waals surface area contributed by atoms with Crippen molar-refractivity contribution >= 4 is 31.4 Å². The number of likely N-dealkylation sites (N-methyl/N-ethyl adjacent to an activating group) is 1. The number of aryl methyl sites for hydroxylation is 2. The van der Waals surface area contributed by atoms with Crippen LogP contribution in [0.5, 0.6) is 0 Å². The van der Waals surface area contributed by atoms with Crippen LogP contribution in [0.2, 0.25) is 0 Å². The minimum absolute atomic E-state index is 0.199. The number of para-hydroxylation sites is 2. The average molecular weight is 614 g/mol. The molecule has 2 atom stereocenters. The van der Waals surface area contributed by atoms with Gasteiger partial charge < -0.3 is 4.90 Å². The van der Waals surface area contributed by atoms with Crippen LogP contribution < -0.4 is 9.21 Å². The second-order valence-corrected chi connectivity index (χ2v) is 15.1. The molecule has 6 rings (SSSR count). The Morgan fingerprint density at radius 3 is 2.02 bits per heavy atom. The highest BCUT2D eigenvalue weighted by Gasteiger charge is 2.58. The van der Waals surface area contributed by atoms with E-state index < -0.39 is 31.6 Å². The number of nitrogens with zero attached hydrogens (tertiary/aromatic N) is 3. The molecule has 0 aliphatic carbocycles. The predicted octanol–water partition coefficient (Wildman–Crippen LogP) is 6.21. The Balaban J connectivity index is 1.40. The molecule has 7 nitrogen and oxygen atoms in total. The number of sulfonamides is 2. The summed E-state index contributed by atoms with van der Waals surface area (Å²) < 4.78 is 58.7. The molecule has 0 unspecified atom stereocenters. The highest BCUT2D eigenvalue weighted by molar-refractivity contribution is 7.93. The van der Waals surface area contributed by atoms with Gasteiger partial charge in [0, 0.05) is 30.9 Å². The number of rotatable bonds is 8. The SMILES string of the molecule is Cc1ccc(S(=O)(=O)N(/C=C\C[C@@]23CCN(S(=O)(=O)c4ccc(C)cc4)[C@@H]2N(C)c2ccccc23)c2ccccc2)cc1. The van der Waals surface area contributed by atoms with Crippen LogP contribution in [-0.4, -0.2) is 40.9 Å². The van der Waals surface area contributed by atoms with Crippen LogP contribution in [0.15, 0.2) is 125 Å². The Morgan fingerprint density at radius 2 is 1.37 bits per heavy atom. The fourth-order valence-electron chi connectivity index (χ4n) is 6.49. The fraction of sp³-hybridized carbons (Fsp3) is 0.235. The van der Waals surface area contributed by atoms with Gasteiger partial charge in [-0.1, -0.05) is 77.9 Å². The van der Waals surface area contributed by atoms with Crippen molar-refractivity contribution in [1.29, 1.82) is 0 Å². The van der Waals surface area contributed by atoms with Gasteiger partial charge in [-0.15, -0.1) is 0 Å². The van der Waals surface area contributed by atoms with E-state index in [1.807, 2.05) is 75.5 Å². The summed E-state index contributed by atoms with van der Waals surface area (Å²) in [6.45, 7) is 4.21. The van der Waals surface area contributed by atoms with Crippen molar-refractivity contribution in [3.8, 4) is 0 Å². The number of hydrogen-bond donors (Lipinski definition) is 0. The lowest BCUT2D eigenvalue weighted by atomic mass is 9.76. The molecule has 222 valence electrons. The highest BCUT2D eigenvalue weighted by Crippen LogP contribution is 2.54. The van der Waals surface area contributed by atoms with Gasteiger partial charge in [-0.25, -0.2) is 21.1 Å². The van der Waals surface area contributed by atoms with Crippen LogP contribution >= 0.6 is 0 Å². The Bertz CT molecular complexity index is 1870. The maximum Gasteiger partial charge on any atom is 0.268 e. The van der Waals surface area contributed by atoms with Gasteiger partial charge in [-0.2, -0.15) is 4.31 Å². The van der Waals surface area contributed by atoms with E-state index >= 15 is 0 Å². The maximum absolute atomic E-state index is 14.0. The average Bonchev–Trinajstić information content (AvgIpc) is 3.51. The summed E-state index contributed by atoms with van der Waals surface area (Å²) in [4.78, 5) is 2.53. The molecule has 2 aliphatic heterocycles. The molecule has 0 aromatic heterocycles. The second kappa shape index (κ2) is 11.0. The van der Waals surface area contributed by atoms with Gasteiger partial charge >= 0.3 is 0 Å². The summed E-state index contributed by atoms with van der Waals surface area (Å²) in [5.74, 6) is 0. The zero-order valence-corrected chi connectivity index (χ0v) is 26.1. The Hall–Kier alpha value is -3.92. The molecule has 4 aromatic rings. The van der Waals surface area contributed by atoms with Gasteiger partial charge in [-0.3, -0.25) is 0 Å². The van der Waals surface area contributed by atoms with E-state index in [-0.39, 0.29) is 9.79 Å². The molecule has 0 amide bonds. The zero-order chi connectivity index (χ0) is 30.4. The third-order valence-corrected chi connectivity index (χ3v) is 12.3. The summed E-state index contributed by atoms with van der Waals surface area (Å²) in [7, 11) is -5.75. The van der Waals surface area contributed by atoms with E-state index in [4.69, 9.17) is 0 Å². The summed E-state index contributed by atoms with van der Waals surface area (Å²) >= 11 is 0. The van der Waals surface area contributed by atoms with Crippen LogP contribution in [-0.2, 0) is 25.5 Å². The number of hydrogen-bond acceptors (Lipinski definition) is 5. The van der Waals surface area contributed by atoms with E-state index in [0.29, 0.717) is 25.1 Å². The molecule has 0 saturated carbocycles. The molecule has 0 bridgehead atoms. The summed E-state index contributed by atoms with van der Waals surface area (Å²) in [5, 5.41) is 0. The van der Waals surface area contributed by atoms with Crippen molar-refractivity contribution in [2.45, 2.75) is 48.1 Å². The monoisotopic (exact) mass is 613 g/mol. The van der Waals surface area contributed by atoms with Crippen molar-refractivity contribution in [2.75, 3.05) is 22.8 Å². The van der Waals surface area contributed by atoms with Crippen molar-refractivity contribution in [1.82, 2.24) is 4.31 Å². The molecule has 1 saturated heterocycles. The Labute approximate surface area is 254 Å². The minimum Gasteiger partial charge on any atom is -0.357 e. The molecule has 1 fully saturated rings. The van der Waals surface area contributed by atoms with E-state index in [0.717, 1.165) is 22.4 Å². The quantitative estimate of drug-likeness (QED) is 0.236. The number of fused-ring (bicyclic) bond motifs is 3. The Morgan fingerprint density at radius 1 is 0.791 bits per heavy atom. The van der Waals surface area contributed by atoms with Gasteiger partial charge in [0.2, 0.25) is 10.0 Å². The van der Waals surface area contributed by atoms with Gasteiger partial charge in [-0.05, 0) is 74.7 Å². The molecule has 0 radical (unpaired) electrons. The summed E-state index contributed by atoms with van der Waals surface area (Å²) in [6.07, 6.45) is 4.09. The van der Waals surface area contributed by atoms with Gasteiger partial charge in [0.15, 0.2) is 0 Å². The zero-order valence-electron chi connectivity index (χ0n) is 24.5. The first-order valence-corrected chi connectivity index (χ1v) is 17.2. The molecule has 2 aliphatic rings. The van der Waals surface area contributed by atoms with E-state index in [1.165, 1.54) is 4.31 Å². The van der Waals surface area contributed by atoms with Crippen LogP contribution in [0.4, 0.5) is 11.4 Å². The van der Waals surface area contributed by atoms with Gasteiger partial charge in [0.05, 0.1) is 15.5 Å².